The molecule has 1 heterocycles. The summed E-state index contributed by atoms with van der Waals surface area (Å²) < 4.78 is 25.4. The van der Waals surface area contributed by atoms with E-state index in [9.17, 15) is 14.0 Å². The summed E-state index contributed by atoms with van der Waals surface area (Å²) in [5.74, 6) is -1.71. The number of carbonyl (C=O) groups is 2. The van der Waals surface area contributed by atoms with Gasteiger partial charge in [-0.25, -0.2) is 9.18 Å². The monoisotopic (exact) mass is 387 g/mol. The molecule has 0 unspecified atom stereocenters. The third kappa shape index (κ3) is 4.48. The van der Waals surface area contributed by atoms with Crippen LogP contribution in [0.15, 0.2) is 42.5 Å². The summed E-state index contributed by atoms with van der Waals surface area (Å²) in [4.78, 5) is 25.0. The molecule has 2 aromatic rings. The first kappa shape index (κ1) is 19.8. The number of amides is 1. The predicted molar refractivity (Wildman–Crippen MR) is 100 cm³/mol. The normalized spacial score (nSPS) is 14.7. The van der Waals surface area contributed by atoms with Crippen molar-refractivity contribution in [1.82, 2.24) is 4.90 Å². The zero-order valence-electron chi connectivity index (χ0n) is 15.6. The van der Waals surface area contributed by atoms with Crippen LogP contribution in [0.25, 0.3) is 0 Å². The largest absolute Gasteiger partial charge is 0.496 e. The van der Waals surface area contributed by atoms with Crippen molar-refractivity contribution in [2.24, 2.45) is 0 Å². The molecule has 0 bridgehead atoms. The highest BCUT2D eigenvalue weighted by atomic mass is 19.1. The van der Waals surface area contributed by atoms with Crippen LogP contribution < -0.4 is 4.74 Å². The molecule has 2 aromatic carbocycles. The highest BCUT2D eigenvalue weighted by Gasteiger charge is 2.26. The number of carbonyl (C=O) groups excluding carboxylic acids is 1. The number of carboxylic acids is 1. The number of benzene rings is 2. The van der Waals surface area contributed by atoms with Crippen molar-refractivity contribution in [3.05, 3.63) is 65.0 Å². The van der Waals surface area contributed by atoms with Crippen LogP contribution in [-0.2, 0) is 11.3 Å². The lowest BCUT2D eigenvalue weighted by atomic mass is 10.0. The first-order chi connectivity index (χ1) is 13.5. The SMILES string of the molecule is COc1ccccc1COC1CCN(C(=O)c2ccc(C(=O)O)cc2F)CC1. The molecule has 3 rings (SSSR count). The molecule has 0 aliphatic carbocycles. The molecule has 0 saturated carbocycles. The third-order valence-corrected chi connectivity index (χ3v) is 4.84. The summed E-state index contributed by atoms with van der Waals surface area (Å²) in [6, 6.07) is 11.0. The van der Waals surface area contributed by atoms with Crippen LogP contribution in [0, 0.1) is 5.82 Å². The topological polar surface area (TPSA) is 76.1 Å². The van der Waals surface area contributed by atoms with Crippen molar-refractivity contribution in [2.45, 2.75) is 25.6 Å². The Kier molecular flexibility index (Phi) is 6.26. The molecular formula is C21H22FNO5. The van der Waals surface area contributed by atoms with Gasteiger partial charge in [-0.3, -0.25) is 4.79 Å². The van der Waals surface area contributed by atoms with Gasteiger partial charge in [0.25, 0.3) is 5.91 Å². The molecule has 1 N–H and O–H groups in total. The third-order valence-electron chi connectivity index (χ3n) is 4.84. The van der Waals surface area contributed by atoms with E-state index in [2.05, 4.69) is 0 Å². The first-order valence-corrected chi connectivity index (χ1v) is 9.05. The predicted octanol–water partition coefficient (Wildman–Crippen LogP) is 3.35. The first-order valence-electron chi connectivity index (χ1n) is 9.05. The fourth-order valence-electron chi connectivity index (χ4n) is 3.25. The molecule has 1 aliphatic heterocycles. The van der Waals surface area contributed by atoms with Gasteiger partial charge in [0.2, 0.25) is 0 Å². The Labute approximate surface area is 162 Å². The molecule has 1 fully saturated rings. The Morgan fingerprint density at radius 1 is 1.18 bits per heavy atom. The molecule has 0 spiro atoms. The molecule has 0 radical (unpaired) electrons. The van der Waals surface area contributed by atoms with Gasteiger partial charge in [0.05, 0.1) is 30.9 Å². The van der Waals surface area contributed by atoms with E-state index in [-0.39, 0.29) is 17.2 Å². The number of hydrogen-bond acceptors (Lipinski definition) is 4. The highest BCUT2D eigenvalue weighted by Crippen LogP contribution is 2.22. The molecule has 1 amide bonds. The number of methoxy groups -OCH3 is 1. The molecule has 1 saturated heterocycles. The van der Waals surface area contributed by atoms with Gasteiger partial charge in [0.15, 0.2) is 0 Å². The maximum absolute atomic E-state index is 14.1. The Morgan fingerprint density at radius 3 is 2.54 bits per heavy atom. The summed E-state index contributed by atoms with van der Waals surface area (Å²) in [5.41, 5.74) is 0.667. The van der Waals surface area contributed by atoms with Crippen LogP contribution in [0.4, 0.5) is 4.39 Å². The average Bonchev–Trinajstić information content (AvgIpc) is 2.72. The zero-order chi connectivity index (χ0) is 20.1. The van der Waals surface area contributed by atoms with Gasteiger partial charge in [-0.05, 0) is 37.1 Å². The van der Waals surface area contributed by atoms with Gasteiger partial charge in [0, 0.05) is 18.7 Å². The summed E-state index contributed by atoms with van der Waals surface area (Å²) in [7, 11) is 1.62. The maximum Gasteiger partial charge on any atom is 0.335 e. The summed E-state index contributed by atoms with van der Waals surface area (Å²) in [6.07, 6.45) is 1.30. The minimum atomic E-state index is -1.23. The van der Waals surface area contributed by atoms with Gasteiger partial charge in [-0.15, -0.1) is 0 Å². The molecule has 0 atom stereocenters. The van der Waals surface area contributed by atoms with E-state index >= 15 is 0 Å². The quantitative estimate of drug-likeness (QED) is 0.823. The minimum absolute atomic E-state index is 0.00759. The van der Waals surface area contributed by atoms with Crippen molar-refractivity contribution < 1.29 is 28.6 Å². The van der Waals surface area contributed by atoms with E-state index in [1.165, 1.54) is 12.1 Å². The number of hydrogen-bond donors (Lipinski definition) is 1. The number of ether oxygens (including phenoxy) is 2. The fraction of sp³-hybridized carbons (Fsp3) is 0.333. The molecule has 1 aliphatic rings. The second kappa shape index (κ2) is 8.84. The van der Waals surface area contributed by atoms with Crippen molar-refractivity contribution in [1.29, 1.82) is 0 Å². The second-order valence-electron chi connectivity index (χ2n) is 6.61. The van der Waals surface area contributed by atoms with Gasteiger partial charge in [-0.1, -0.05) is 18.2 Å². The van der Waals surface area contributed by atoms with E-state index in [4.69, 9.17) is 14.6 Å². The number of nitrogens with zero attached hydrogens (tertiary/aromatic N) is 1. The number of rotatable bonds is 6. The van der Waals surface area contributed by atoms with Gasteiger partial charge in [-0.2, -0.15) is 0 Å². The lowest BCUT2D eigenvalue weighted by Gasteiger charge is -2.32. The Morgan fingerprint density at radius 2 is 1.89 bits per heavy atom. The van der Waals surface area contributed by atoms with E-state index in [1.807, 2.05) is 24.3 Å². The van der Waals surface area contributed by atoms with Gasteiger partial charge >= 0.3 is 5.97 Å². The summed E-state index contributed by atoms with van der Waals surface area (Å²) in [6.45, 7) is 1.33. The lowest BCUT2D eigenvalue weighted by molar-refractivity contribution is -0.00106. The number of halogens is 1. The molecular weight excluding hydrogens is 365 g/mol. The molecule has 7 heteroatoms. The zero-order valence-corrected chi connectivity index (χ0v) is 15.6. The summed E-state index contributed by atoms with van der Waals surface area (Å²) >= 11 is 0. The van der Waals surface area contributed by atoms with Crippen LogP contribution in [0.1, 0.15) is 39.1 Å². The molecule has 6 nitrogen and oxygen atoms in total. The fourth-order valence-corrected chi connectivity index (χ4v) is 3.25. The average molecular weight is 387 g/mol. The van der Waals surface area contributed by atoms with E-state index in [1.54, 1.807) is 12.0 Å². The van der Waals surface area contributed by atoms with Crippen molar-refractivity contribution >= 4 is 11.9 Å². The van der Waals surface area contributed by atoms with Crippen LogP contribution in [0.5, 0.6) is 5.75 Å². The second-order valence-corrected chi connectivity index (χ2v) is 6.61. The van der Waals surface area contributed by atoms with Crippen molar-refractivity contribution in [3.8, 4) is 5.75 Å². The number of carboxylic acid groups (broad SMARTS) is 1. The van der Waals surface area contributed by atoms with E-state index in [0.29, 0.717) is 32.5 Å². The van der Waals surface area contributed by atoms with Crippen molar-refractivity contribution in [3.63, 3.8) is 0 Å². The van der Waals surface area contributed by atoms with Crippen LogP contribution in [-0.4, -0.2) is 48.2 Å². The van der Waals surface area contributed by atoms with Crippen molar-refractivity contribution in [2.75, 3.05) is 20.2 Å². The Hall–Kier alpha value is -2.93. The maximum atomic E-state index is 14.1. The van der Waals surface area contributed by atoms with Gasteiger partial charge in [0.1, 0.15) is 11.6 Å². The number of piperidine rings is 1. The van der Waals surface area contributed by atoms with Crippen LogP contribution in [0.2, 0.25) is 0 Å². The minimum Gasteiger partial charge on any atom is -0.496 e. The molecule has 0 aromatic heterocycles. The van der Waals surface area contributed by atoms with E-state index < -0.39 is 17.7 Å². The van der Waals surface area contributed by atoms with E-state index in [0.717, 1.165) is 17.4 Å². The van der Waals surface area contributed by atoms with Crippen LogP contribution in [0.3, 0.4) is 0 Å². The number of para-hydroxylation sites is 1. The van der Waals surface area contributed by atoms with Crippen LogP contribution >= 0.6 is 0 Å². The Bertz CT molecular complexity index is 862. The van der Waals surface area contributed by atoms with Gasteiger partial charge < -0.3 is 19.5 Å². The Balaban J connectivity index is 1.55. The standard InChI is InChI=1S/C21H22FNO5/c1-27-19-5-3-2-4-15(19)13-28-16-8-10-23(11-9-16)20(24)17-7-6-14(21(25)26)12-18(17)22/h2-7,12,16H,8-11,13H2,1H3,(H,25,26). The highest BCUT2D eigenvalue weighted by molar-refractivity contribution is 5.96. The number of aromatic carboxylic acids is 1. The number of likely N-dealkylation sites (tertiary alicyclic amines) is 1. The smallest absolute Gasteiger partial charge is 0.335 e. The summed E-state index contributed by atoms with van der Waals surface area (Å²) in [5, 5.41) is 8.90. The molecule has 148 valence electrons. The lowest BCUT2D eigenvalue weighted by Crippen LogP contribution is -2.41. The molecule has 28 heavy (non-hydrogen) atoms.